The summed E-state index contributed by atoms with van der Waals surface area (Å²) in [5.41, 5.74) is 5.55. The number of benzene rings is 2. The number of imidazole rings is 1. The normalized spacial score (nSPS) is 12.3. The first-order chi connectivity index (χ1) is 15.8. The molecule has 0 fully saturated rings. The molecule has 2 heterocycles. The minimum Gasteiger partial charge on any atom is -0.481 e. The van der Waals surface area contributed by atoms with Crippen molar-refractivity contribution in [1.29, 1.82) is 0 Å². The van der Waals surface area contributed by atoms with Gasteiger partial charge in [0, 0.05) is 24.1 Å². The topological polar surface area (TPSA) is 68.0 Å². The Kier molecular flexibility index (Phi) is 6.22. The molecule has 4 aromatic rings. The molecule has 0 radical (unpaired) electrons. The molecule has 170 valence electrons. The van der Waals surface area contributed by atoms with Gasteiger partial charge < -0.3 is 9.67 Å². The Bertz CT molecular complexity index is 1330. The molecule has 2 aromatic heterocycles. The van der Waals surface area contributed by atoms with Gasteiger partial charge in [-0.2, -0.15) is 0 Å². The standard InChI is InChI=1S/C26H25F2N3O2/c1-4-23-30-25-15(2)11-16(3)29-26(25)31(23)14-17-5-7-18(8-6-17)21(13-24(32)33)20-10-9-19(27)12-22(20)28/h5-12,21H,4,13-14H2,1-3H3,(H,32,33). The first-order valence-electron chi connectivity index (χ1n) is 10.9. The summed E-state index contributed by atoms with van der Waals surface area (Å²) in [6, 6.07) is 12.7. The van der Waals surface area contributed by atoms with Crippen molar-refractivity contribution in [2.24, 2.45) is 0 Å². The lowest BCUT2D eigenvalue weighted by atomic mass is 9.87. The maximum atomic E-state index is 14.4. The molecule has 0 aliphatic rings. The monoisotopic (exact) mass is 449 g/mol. The summed E-state index contributed by atoms with van der Waals surface area (Å²) < 4.78 is 29.9. The van der Waals surface area contributed by atoms with Crippen LogP contribution in [0, 0.1) is 25.5 Å². The van der Waals surface area contributed by atoms with Crippen molar-refractivity contribution in [2.75, 3.05) is 0 Å². The maximum Gasteiger partial charge on any atom is 0.304 e. The molecular formula is C26H25F2N3O2. The lowest BCUT2D eigenvalue weighted by Crippen LogP contribution is -2.10. The van der Waals surface area contributed by atoms with Crippen LogP contribution in [-0.4, -0.2) is 25.6 Å². The fourth-order valence-corrected chi connectivity index (χ4v) is 4.29. The van der Waals surface area contributed by atoms with Crippen LogP contribution in [0.3, 0.4) is 0 Å². The zero-order valence-electron chi connectivity index (χ0n) is 18.8. The van der Waals surface area contributed by atoms with E-state index in [1.807, 2.05) is 32.0 Å². The molecule has 0 bridgehead atoms. The minimum absolute atomic E-state index is 0.163. The van der Waals surface area contributed by atoms with Crippen LogP contribution in [0.2, 0.25) is 0 Å². The molecule has 2 aromatic carbocycles. The van der Waals surface area contributed by atoms with Crippen molar-refractivity contribution < 1.29 is 18.7 Å². The third-order valence-electron chi connectivity index (χ3n) is 5.86. The van der Waals surface area contributed by atoms with Crippen molar-refractivity contribution in [3.8, 4) is 0 Å². The number of aromatic nitrogens is 3. The van der Waals surface area contributed by atoms with E-state index >= 15 is 0 Å². The van der Waals surface area contributed by atoms with E-state index in [1.165, 1.54) is 6.07 Å². The minimum atomic E-state index is -1.05. The fraction of sp³-hybridized carbons (Fsp3) is 0.269. The molecule has 5 nitrogen and oxygen atoms in total. The summed E-state index contributed by atoms with van der Waals surface area (Å²) in [5.74, 6) is -2.28. The Morgan fingerprint density at radius 1 is 1.06 bits per heavy atom. The Morgan fingerprint density at radius 3 is 2.42 bits per heavy atom. The first-order valence-corrected chi connectivity index (χ1v) is 10.9. The van der Waals surface area contributed by atoms with Crippen molar-refractivity contribution in [2.45, 2.75) is 46.1 Å². The summed E-state index contributed by atoms with van der Waals surface area (Å²) in [6.07, 6.45) is 0.466. The molecule has 33 heavy (non-hydrogen) atoms. The van der Waals surface area contributed by atoms with E-state index in [0.717, 1.165) is 52.4 Å². The van der Waals surface area contributed by atoms with Gasteiger partial charge in [0.25, 0.3) is 0 Å². The highest BCUT2D eigenvalue weighted by molar-refractivity contribution is 5.76. The number of carboxylic acids is 1. The van der Waals surface area contributed by atoms with Gasteiger partial charge >= 0.3 is 5.97 Å². The third kappa shape index (κ3) is 4.62. The highest BCUT2D eigenvalue weighted by atomic mass is 19.1. The van der Waals surface area contributed by atoms with Gasteiger partial charge in [0.2, 0.25) is 0 Å². The van der Waals surface area contributed by atoms with Gasteiger partial charge in [-0.15, -0.1) is 0 Å². The Hall–Kier alpha value is -3.61. The van der Waals surface area contributed by atoms with Crippen LogP contribution in [-0.2, 0) is 17.8 Å². The number of halogens is 2. The Morgan fingerprint density at radius 2 is 1.79 bits per heavy atom. The van der Waals surface area contributed by atoms with Crippen molar-refractivity contribution in [3.05, 3.63) is 93.9 Å². The molecule has 1 unspecified atom stereocenters. The van der Waals surface area contributed by atoms with Crippen LogP contribution in [0.4, 0.5) is 8.78 Å². The number of carboxylic acid groups (broad SMARTS) is 1. The molecule has 0 saturated carbocycles. The second-order valence-corrected chi connectivity index (χ2v) is 8.28. The van der Waals surface area contributed by atoms with E-state index < -0.39 is 23.5 Å². The van der Waals surface area contributed by atoms with Gasteiger partial charge in [0.15, 0.2) is 5.65 Å². The molecular weight excluding hydrogens is 424 g/mol. The number of fused-ring (bicyclic) bond motifs is 1. The van der Waals surface area contributed by atoms with Crippen LogP contribution < -0.4 is 0 Å². The van der Waals surface area contributed by atoms with Gasteiger partial charge in [-0.25, -0.2) is 18.7 Å². The molecule has 0 amide bonds. The average molecular weight is 450 g/mol. The van der Waals surface area contributed by atoms with E-state index in [4.69, 9.17) is 9.97 Å². The molecule has 7 heteroatoms. The molecule has 0 aliphatic heterocycles. The molecule has 4 rings (SSSR count). The Labute approximate surface area is 190 Å². The summed E-state index contributed by atoms with van der Waals surface area (Å²) in [6.45, 7) is 6.60. The lowest BCUT2D eigenvalue weighted by Gasteiger charge is -2.17. The zero-order chi connectivity index (χ0) is 23.7. The van der Waals surface area contributed by atoms with Crippen LogP contribution >= 0.6 is 0 Å². The highest BCUT2D eigenvalue weighted by Crippen LogP contribution is 2.31. The molecule has 0 spiro atoms. The van der Waals surface area contributed by atoms with Crippen LogP contribution in [0.1, 0.15) is 53.0 Å². The van der Waals surface area contributed by atoms with E-state index in [1.54, 1.807) is 12.1 Å². The molecule has 1 N–H and O–H groups in total. The Balaban J connectivity index is 1.68. The maximum absolute atomic E-state index is 14.4. The number of nitrogens with zero attached hydrogens (tertiary/aromatic N) is 3. The van der Waals surface area contributed by atoms with E-state index in [-0.39, 0.29) is 12.0 Å². The SMILES string of the molecule is CCc1nc2c(C)cc(C)nc2n1Cc1ccc(C(CC(=O)O)c2ccc(F)cc2F)cc1. The molecule has 0 saturated heterocycles. The number of pyridine rings is 1. The van der Waals surface area contributed by atoms with Gasteiger partial charge in [0.05, 0.1) is 13.0 Å². The number of aliphatic carboxylic acids is 1. The zero-order valence-corrected chi connectivity index (χ0v) is 18.8. The van der Waals surface area contributed by atoms with Gasteiger partial charge in [-0.05, 0) is 48.2 Å². The van der Waals surface area contributed by atoms with Crippen LogP contribution in [0.15, 0.2) is 48.5 Å². The quantitative estimate of drug-likeness (QED) is 0.402. The van der Waals surface area contributed by atoms with E-state index in [9.17, 15) is 18.7 Å². The predicted molar refractivity (Wildman–Crippen MR) is 122 cm³/mol. The molecule has 0 aliphatic carbocycles. The number of carbonyl (C=O) groups is 1. The fourth-order valence-electron chi connectivity index (χ4n) is 4.29. The van der Waals surface area contributed by atoms with Crippen LogP contribution in [0.5, 0.6) is 0 Å². The largest absolute Gasteiger partial charge is 0.481 e. The van der Waals surface area contributed by atoms with Crippen LogP contribution in [0.25, 0.3) is 11.2 Å². The second kappa shape index (κ2) is 9.10. The smallest absolute Gasteiger partial charge is 0.304 e. The third-order valence-corrected chi connectivity index (χ3v) is 5.86. The summed E-state index contributed by atoms with van der Waals surface area (Å²) >= 11 is 0. The number of hydrogen-bond donors (Lipinski definition) is 1. The number of hydrogen-bond acceptors (Lipinski definition) is 3. The summed E-state index contributed by atoms with van der Waals surface area (Å²) in [7, 11) is 0. The van der Waals surface area contributed by atoms with Gasteiger partial charge in [0.1, 0.15) is 23.0 Å². The first kappa shape index (κ1) is 22.6. The summed E-state index contributed by atoms with van der Waals surface area (Å²) in [4.78, 5) is 20.9. The number of aryl methyl sites for hydroxylation is 3. The lowest BCUT2D eigenvalue weighted by molar-refractivity contribution is -0.137. The highest BCUT2D eigenvalue weighted by Gasteiger charge is 2.22. The van der Waals surface area contributed by atoms with Crippen molar-refractivity contribution in [3.63, 3.8) is 0 Å². The number of rotatable bonds is 7. The van der Waals surface area contributed by atoms with Gasteiger partial charge in [-0.3, -0.25) is 4.79 Å². The second-order valence-electron chi connectivity index (χ2n) is 8.28. The van der Waals surface area contributed by atoms with Crippen molar-refractivity contribution >= 4 is 17.1 Å². The van der Waals surface area contributed by atoms with E-state index in [2.05, 4.69) is 11.5 Å². The van der Waals surface area contributed by atoms with E-state index in [0.29, 0.717) is 12.1 Å². The average Bonchev–Trinajstić information content (AvgIpc) is 3.11. The molecule has 1 atom stereocenters. The summed E-state index contributed by atoms with van der Waals surface area (Å²) in [5, 5.41) is 9.37. The van der Waals surface area contributed by atoms with Gasteiger partial charge in [-0.1, -0.05) is 37.3 Å². The predicted octanol–water partition coefficient (Wildman–Crippen LogP) is 5.54. The van der Waals surface area contributed by atoms with Crippen molar-refractivity contribution in [1.82, 2.24) is 14.5 Å².